The van der Waals surface area contributed by atoms with Crippen LogP contribution in [0.15, 0.2) is 17.4 Å². The summed E-state index contributed by atoms with van der Waals surface area (Å²) in [6.45, 7) is 2.74. The molecular formula is C15H25IN6O. The molecular weight excluding hydrogens is 407 g/mol. The van der Waals surface area contributed by atoms with Crippen molar-refractivity contribution in [3.05, 3.63) is 12.4 Å². The third kappa shape index (κ3) is 4.58. The summed E-state index contributed by atoms with van der Waals surface area (Å²) in [5, 5.41) is 7.51. The van der Waals surface area contributed by atoms with Gasteiger partial charge in [-0.25, -0.2) is 0 Å². The Balaban J connectivity index is 0.00000192. The number of amides is 1. The number of aromatic nitrogens is 2. The fourth-order valence-corrected chi connectivity index (χ4v) is 2.80. The first-order chi connectivity index (χ1) is 10.7. The minimum Gasteiger partial charge on any atom is -0.356 e. The van der Waals surface area contributed by atoms with Crippen molar-refractivity contribution in [2.24, 2.45) is 18.0 Å². The molecule has 1 aliphatic carbocycles. The number of carbonyl (C=O) groups excluding carboxylic acids is 1. The Labute approximate surface area is 154 Å². The van der Waals surface area contributed by atoms with Crippen LogP contribution in [-0.4, -0.2) is 59.8 Å². The van der Waals surface area contributed by atoms with E-state index in [0.717, 1.165) is 30.7 Å². The zero-order chi connectivity index (χ0) is 15.5. The molecule has 1 aliphatic heterocycles. The zero-order valence-corrected chi connectivity index (χ0v) is 16.1. The normalized spacial score (nSPS) is 18.9. The van der Waals surface area contributed by atoms with Gasteiger partial charge in [0.15, 0.2) is 5.96 Å². The van der Waals surface area contributed by atoms with E-state index in [9.17, 15) is 4.79 Å². The van der Waals surface area contributed by atoms with Crippen LogP contribution >= 0.6 is 24.0 Å². The molecule has 1 aromatic rings. The molecule has 1 saturated carbocycles. The Morgan fingerprint density at radius 3 is 2.78 bits per heavy atom. The Bertz CT molecular complexity index is 568. The third-order valence-corrected chi connectivity index (χ3v) is 4.27. The standard InChI is InChI=1S/C15H24N6O.HI/c1-16-15(17-6-5-12-3-4-12)20-7-8-21(14(22)11-20)13-9-18-19(2)10-13;/h9-10,12H,3-8,11H2,1-2H3,(H,16,17);1H. The Hall–Kier alpha value is -1.32. The summed E-state index contributed by atoms with van der Waals surface area (Å²) >= 11 is 0. The van der Waals surface area contributed by atoms with E-state index in [-0.39, 0.29) is 29.9 Å². The average molecular weight is 432 g/mol. The van der Waals surface area contributed by atoms with Crippen LogP contribution in [0, 0.1) is 5.92 Å². The lowest BCUT2D eigenvalue weighted by molar-refractivity contribution is -0.120. The second kappa shape index (κ2) is 7.98. The molecule has 0 atom stereocenters. The number of piperazine rings is 1. The molecule has 1 N–H and O–H groups in total. The molecule has 0 aromatic carbocycles. The highest BCUT2D eigenvalue weighted by Gasteiger charge is 2.28. The molecule has 2 aliphatic rings. The molecule has 1 saturated heterocycles. The molecule has 0 spiro atoms. The van der Waals surface area contributed by atoms with Gasteiger partial charge in [-0.15, -0.1) is 24.0 Å². The fraction of sp³-hybridized carbons (Fsp3) is 0.667. The van der Waals surface area contributed by atoms with Gasteiger partial charge in [-0.1, -0.05) is 12.8 Å². The van der Waals surface area contributed by atoms with Gasteiger partial charge in [-0.2, -0.15) is 5.10 Å². The van der Waals surface area contributed by atoms with Crippen LogP contribution in [0.5, 0.6) is 0 Å². The predicted octanol–water partition coefficient (Wildman–Crippen LogP) is 1.06. The number of rotatable bonds is 4. The lowest BCUT2D eigenvalue weighted by Crippen LogP contribution is -2.55. The number of nitrogens with zero attached hydrogens (tertiary/aromatic N) is 5. The molecule has 0 unspecified atom stereocenters. The number of hydrogen-bond acceptors (Lipinski definition) is 3. The van der Waals surface area contributed by atoms with Crippen LogP contribution in [0.25, 0.3) is 0 Å². The maximum absolute atomic E-state index is 12.4. The monoisotopic (exact) mass is 432 g/mol. The molecule has 7 nitrogen and oxygen atoms in total. The van der Waals surface area contributed by atoms with Gasteiger partial charge in [0.2, 0.25) is 5.91 Å². The highest BCUT2D eigenvalue weighted by Crippen LogP contribution is 2.31. The van der Waals surface area contributed by atoms with Gasteiger partial charge in [-0.05, 0) is 12.3 Å². The molecule has 2 heterocycles. The summed E-state index contributed by atoms with van der Waals surface area (Å²) in [4.78, 5) is 20.5. The number of halogens is 1. The molecule has 1 amide bonds. The van der Waals surface area contributed by atoms with Crippen molar-refractivity contribution in [1.29, 1.82) is 0 Å². The largest absolute Gasteiger partial charge is 0.356 e. The molecule has 2 fully saturated rings. The summed E-state index contributed by atoms with van der Waals surface area (Å²) in [6, 6.07) is 0. The number of anilines is 1. The van der Waals surface area contributed by atoms with Crippen molar-refractivity contribution < 1.29 is 4.79 Å². The van der Waals surface area contributed by atoms with Gasteiger partial charge >= 0.3 is 0 Å². The highest BCUT2D eigenvalue weighted by molar-refractivity contribution is 14.0. The molecule has 1 aromatic heterocycles. The second-order valence-electron chi connectivity index (χ2n) is 6.05. The summed E-state index contributed by atoms with van der Waals surface area (Å²) in [5.41, 5.74) is 0.865. The van der Waals surface area contributed by atoms with Crippen LogP contribution < -0.4 is 10.2 Å². The first-order valence-electron chi connectivity index (χ1n) is 7.92. The van der Waals surface area contributed by atoms with Crippen LogP contribution in [-0.2, 0) is 11.8 Å². The molecule has 0 bridgehead atoms. The summed E-state index contributed by atoms with van der Waals surface area (Å²) in [7, 11) is 3.63. The summed E-state index contributed by atoms with van der Waals surface area (Å²) in [5.74, 6) is 1.82. The van der Waals surface area contributed by atoms with Crippen molar-refractivity contribution in [2.45, 2.75) is 19.3 Å². The van der Waals surface area contributed by atoms with E-state index in [1.54, 1.807) is 22.8 Å². The SMILES string of the molecule is CN=C(NCCC1CC1)N1CCN(c2cnn(C)c2)C(=O)C1.I. The van der Waals surface area contributed by atoms with E-state index in [1.165, 1.54) is 19.3 Å². The van der Waals surface area contributed by atoms with Gasteiger partial charge < -0.3 is 15.1 Å². The van der Waals surface area contributed by atoms with Crippen LogP contribution in [0.2, 0.25) is 0 Å². The van der Waals surface area contributed by atoms with Gasteiger partial charge in [0, 0.05) is 39.9 Å². The summed E-state index contributed by atoms with van der Waals surface area (Å²) < 4.78 is 1.72. The molecule has 3 rings (SSSR count). The minimum absolute atomic E-state index is 0. The Morgan fingerprint density at radius 2 is 2.22 bits per heavy atom. The maximum Gasteiger partial charge on any atom is 0.246 e. The van der Waals surface area contributed by atoms with Crippen molar-refractivity contribution in [2.75, 3.05) is 38.1 Å². The summed E-state index contributed by atoms with van der Waals surface area (Å²) in [6.07, 6.45) is 7.53. The van der Waals surface area contributed by atoms with Gasteiger partial charge in [0.25, 0.3) is 0 Å². The van der Waals surface area contributed by atoms with E-state index in [2.05, 4.69) is 15.4 Å². The number of guanidine groups is 1. The van der Waals surface area contributed by atoms with Crippen molar-refractivity contribution in [1.82, 2.24) is 20.0 Å². The average Bonchev–Trinajstić information content (AvgIpc) is 3.23. The molecule has 8 heteroatoms. The topological polar surface area (TPSA) is 65.8 Å². The zero-order valence-electron chi connectivity index (χ0n) is 13.7. The molecule has 0 radical (unpaired) electrons. The van der Waals surface area contributed by atoms with Crippen molar-refractivity contribution in [3.8, 4) is 0 Å². The van der Waals surface area contributed by atoms with Gasteiger partial charge in [0.05, 0.1) is 11.9 Å². The first kappa shape index (κ1) is 18.0. The lowest BCUT2D eigenvalue weighted by Gasteiger charge is -2.35. The van der Waals surface area contributed by atoms with Gasteiger partial charge in [0.1, 0.15) is 6.54 Å². The van der Waals surface area contributed by atoms with Crippen LogP contribution in [0.4, 0.5) is 5.69 Å². The van der Waals surface area contributed by atoms with E-state index in [1.807, 2.05) is 18.1 Å². The molecule has 128 valence electrons. The minimum atomic E-state index is 0. The maximum atomic E-state index is 12.4. The van der Waals surface area contributed by atoms with Gasteiger partial charge in [-0.3, -0.25) is 14.5 Å². The number of nitrogens with one attached hydrogen (secondary N) is 1. The smallest absolute Gasteiger partial charge is 0.246 e. The number of aliphatic imine (C=N–C) groups is 1. The number of carbonyl (C=O) groups is 1. The molecule has 23 heavy (non-hydrogen) atoms. The fourth-order valence-electron chi connectivity index (χ4n) is 2.80. The quantitative estimate of drug-likeness (QED) is 0.439. The number of aryl methyl sites for hydroxylation is 1. The second-order valence-corrected chi connectivity index (χ2v) is 6.05. The number of hydrogen-bond donors (Lipinski definition) is 1. The lowest BCUT2D eigenvalue weighted by atomic mass is 10.3. The third-order valence-electron chi connectivity index (χ3n) is 4.27. The van der Waals surface area contributed by atoms with Crippen molar-refractivity contribution in [3.63, 3.8) is 0 Å². The Kier molecular flexibility index (Phi) is 6.25. The Morgan fingerprint density at radius 1 is 1.43 bits per heavy atom. The predicted molar refractivity (Wildman–Crippen MR) is 101 cm³/mol. The van der Waals surface area contributed by atoms with E-state index >= 15 is 0 Å². The highest BCUT2D eigenvalue weighted by atomic mass is 127. The van der Waals surface area contributed by atoms with Crippen LogP contribution in [0.3, 0.4) is 0 Å². The van der Waals surface area contributed by atoms with Crippen molar-refractivity contribution >= 4 is 41.5 Å². The van der Waals surface area contributed by atoms with E-state index < -0.39 is 0 Å². The van der Waals surface area contributed by atoms with E-state index in [4.69, 9.17) is 0 Å². The van der Waals surface area contributed by atoms with Crippen LogP contribution in [0.1, 0.15) is 19.3 Å². The first-order valence-corrected chi connectivity index (χ1v) is 7.92. The van der Waals surface area contributed by atoms with E-state index in [0.29, 0.717) is 13.1 Å².